The monoisotopic (exact) mass is 696 g/mol. The van der Waals surface area contributed by atoms with E-state index in [4.69, 9.17) is 0 Å². The molecule has 2 nitrogen and oxygen atoms in total. The zero-order valence-electron chi connectivity index (χ0n) is 25.9. The van der Waals surface area contributed by atoms with Crippen LogP contribution in [0.5, 0.6) is 0 Å². The Bertz CT molecular complexity index is 2480. The Hall–Kier alpha value is -5.42. The SMILES string of the molecule is Brc1c(N(c2ccc3ccccc3c2)c2ccc3ccccc3c2)cc2sc3ccccc3c2c1N(c1ccccc1)c1ccccc1. The van der Waals surface area contributed by atoms with Crippen molar-refractivity contribution in [3.63, 3.8) is 0 Å². The highest BCUT2D eigenvalue weighted by molar-refractivity contribution is 9.10. The molecule has 0 unspecified atom stereocenters. The first-order valence-electron chi connectivity index (χ1n) is 16.0. The number of benzene rings is 8. The molecule has 0 saturated heterocycles. The highest BCUT2D eigenvalue weighted by Crippen LogP contribution is 2.54. The van der Waals surface area contributed by atoms with Crippen LogP contribution in [0.1, 0.15) is 0 Å². The molecule has 4 heteroatoms. The van der Waals surface area contributed by atoms with Crippen molar-refractivity contribution < 1.29 is 0 Å². The first-order chi connectivity index (χ1) is 23.7. The lowest BCUT2D eigenvalue weighted by Crippen LogP contribution is -2.15. The Labute approximate surface area is 291 Å². The van der Waals surface area contributed by atoms with Crippen molar-refractivity contribution in [1.29, 1.82) is 0 Å². The summed E-state index contributed by atoms with van der Waals surface area (Å²) in [5.74, 6) is 0. The molecule has 0 bridgehead atoms. The largest absolute Gasteiger partial charge is 0.309 e. The van der Waals surface area contributed by atoms with Crippen molar-refractivity contribution in [2.45, 2.75) is 0 Å². The van der Waals surface area contributed by atoms with Crippen molar-refractivity contribution in [3.05, 3.63) is 180 Å². The number of hydrogen-bond acceptors (Lipinski definition) is 3. The van der Waals surface area contributed by atoms with Crippen LogP contribution in [0.3, 0.4) is 0 Å². The molecular formula is C44H29BrN2S. The molecule has 0 N–H and O–H groups in total. The summed E-state index contributed by atoms with van der Waals surface area (Å²) in [4.78, 5) is 4.80. The van der Waals surface area contributed by atoms with Gasteiger partial charge < -0.3 is 9.80 Å². The van der Waals surface area contributed by atoms with Crippen LogP contribution in [0.2, 0.25) is 0 Å². The van der Waals surface area contributed by atoms with Gasteiger partial charge in [-0.25, -0.2) is 0 Å². The van der Waals surface area contributed by atoms with Gasteiger partial charge in [0.1, 0.15) is 0 Å². The average Bonchev–Trinajstić information content (AvgIpc) is 3.52. The average molecular weight is 698 g/mol. The number of thiophene rings is 1. The van der Waals surface area contributed by atoms with Gasteiger partial charge in [-0.05, 0) is 98.1 Å². The minimum Gasteiger partial charge on any atom is -0.309 e. The van der Waals surface area contributed by atoms with Gasteiger partial charge in [0.25, 0.3) is 0 Å². The van der Waals surface area contributed by atoms with E-state index in [1.165, 1.54) is 41.7 Å². The molecule has 0 fully saturated rings. The molecule has 0 spiro atoms. The Kier molecular flexibility index (Phi) is 7.19. The summed E-state index contributed by atoms with van der Waals surface area (Å²) >= 11 is 6.13. The molecule has 0 atom stereocenters. The molecule has 228 valence electrons. The van der Waals surface area contributed by atoms with Gasteiger partial charge >= 0.3 is 0 Å². The summed E-state index contributed by atoms with van der Waals surface area (Å²) in [6.45, 7) is 0. The van der Waals surface area contributed by atoms with Gasteiger partial charge in [-0.2, -0.15) is 0 Å². The molecule has 0 amide bonds. The summed E-state index contributed by atoms with van der Waals surface area (Å²) in [6.07, 6.45) is 0. The Morgan fingerprint density at radius 1 is 0.396 bits per heavy atom. The van der Waals surface area contributed by atoms with Gasteiger partial charge in [0, 0.05) is 42.9 Å². The van der Waals surface area contributed by atoms with Crippen LogP contribution in [-0.2, 0) is 0 Å². The first kappa shape index (κ1) is 28.8. The van der Waals surface area contributed by atoms with E-state index in [1.54, 1.807) is 0 Å². The molecule has 9 aromatic rings. The molecule has 9 rings (SSSR count). The van der Waals surface area contributed by atoms with Crippen LogP contribution >= 0.6 is 27.3 Å². The Morgan fingerprint density at radius 2 is 0.896 bits per heavy atom. The lowest BCUT2D eigenvalue weighted by molar-refractivity contribution is 1.25. The topological polar surface area (TPSA) is 6.48 Å². The predicted octanol–water partition coefficient (Wildman–Crippen LogP) is 14.1. The highest BCUT2D eigenvalue weighted by atomic mass is 79.9. The van der Waals surface area contributed by atoms with Crippen molar-refractivity contribution in [1.82, 2.24) is 0 Å². The van der Waals surface area contributed by atoms with Gasteiger partial charge in [-0.3, -0.25) is 0 Å². The molecule has 1 heterocycles. The maximum atomic E-state index is 4.28. The number of nitrogens with zero attached hydrogens (tertiary/aromatic N) is 2. The van der Waals surface area contributed by atoms with Crippen LogP contribution in [0.15, 0.2) is 180 Å². The number of anilines is 6. The third kappa shape index (κ3) is 4.93. The lowest BCUT2D eigenvalue weighted by atomic mass is 10.0. The normalized spacial score (nSPS) is 11.4. The summed E-state index contributed by atoms with van der Waals surface area (Å²) < 4.78 is 3.52. The van der Waals surface area contributed by atoms with Crippen LogP contribution < -0.4 is 9.80 Å². The minimum atomic E-state index is 1.02. The number of rotatable bonds is 6. The second-order valence-corrected chi connectivity index (χ2v) is 13.8. The van der Waals surface area contributed by atoms with E-state index >= 15 is 0 Å². The summed E-state index contributed by atoms with van der Waals surface area (Å²) in [7, 11) is 0. The van der Waals surface area contributed by atoms with Gasteiger partial charge in [-0.1, -0.05) is 115 Å². The zero-order chi connectivity index (χ0) is 32.0. The zero-order valence-corrected chi connectivity index (χ0v) is 28.3. The first-order valence-corrected chi connectivity index (χ1v) is 17.7. The van der Waals surface area contributed by atoms with Gasteiger partial charge in [-0.15, -0.1) is 11.3 Å². The van der Waals surface area contributed by atoms with E-state index in [0.29, 0.717) is 0 Å². The number of fused-ring (bicyclic) bond motifs is 5. The van der Waals surface area contributed by atoms with Crippen LogP contribution in [-0.4, -0.2) is 0 Å². The van der Waals surface area contributed by atoms with Crippen molar-refractivity contribution >= 4 is 103 Å². The second-order valence-electron chi connectivity index (χ2n) is 11.9. The Balaban J connectivity index is 1.40. The minimum absolute atomic E-state index is 1.02. The Morgan fingerprint density at radius 3 is 1.48 bits per heavy atom. The quantitative estimate of drug-likeness (QED) is 0.171. The van der Waals surface area contributed by atoms with Gasteiger partial charge in [0.2, 0.25) is 0 Å². The van der Waals surface area contributed by atoms with E-state index in [2.05, 4.69) is 202 Å². The molecule has 0 aliphatic rings. The van der Waals surface area contributed by atoms with Crippen LogP contribution in [0.4, 0.5) is 34.1 Å². The summed E-state index contributed by atoms with van der Waals surface area (Å²) in [5, 5.41) is 7.33. The molecule has 0 saturated carbocycles. The van der Waals surface area contributed by atoms with Gasteiger partial charge in [0.05, 0.1) is 15.8 Å². The summed E-state index contributed by atoms with van der Waals surface area (Å²) in [6, 6.07) is 63.2. The fourth-order valence-corrected chi connectivity index (χ4v) is 8.63. The van der Waals surface area contributed by atoms with E-state index in [9.17, 15) is 0 Å². The third-order valence-electron chi connectivity index (χ3n) is 9.04. The van der Waals surface area contributed by atoms with Crippen molar-refractivity contribution in [2.75, 3.05) is 9.80 Å². The van der Waals surface area contributed by atoms with Crippen LogP contribution in [0, 0.1) is 0 Å². The molecular weight excluding hydrogens is 668 g/mol. The molecule has 8 aromatic carbocycles. The molecule has 0 aliphatic heterocycles. The fraction of sp³-hybridized carbons (Fsp3) is 0. The highest BCUT2D eigenvalue weighted by Gasteiger charge is 2.27. The standard InChI is InChI=1S/C44H29BrN2S/c45-43-39(46(36-25-23-30-13-7-9-15-32(30)27-36)37-26-24-31-14-8-10-16-33(31)28-37)29-41-42(38-21-11-12-22-40(38)48-41)44(43)47(34-17-3-1-4-18-34)35-19-5-2-6-20-35/h1-29H. The van der Waals surface area contributed by atoms with Crippen LogP contribution in [0.25, 0.3) is 41.7 Å². The molecule has 0 radical (unpaired) electrons. The fourth-order valence-electron chi connectivity index (χ4n) is 6.82. The smallest absolute Gasteiger partial charge is 0.0718 e. The van der Waals surface area contributed by atoms with E-state index in [1.807, 2.05) is 11.3 Å². The predicted molar refractivity (Wildman–Crippen MR) is 211 cm³/mol. The maximum absolute atomic E-state index is 4.28. The van der Waals surface area contributed by atoms with E-state index in [-0.39, 0.29) is 0 Å². The van der Waals surface area contributed by atoms with E-state index < -0.39 is 0 Å². The molecule has 1 aromatic heterocycles. The van der Waals surface area contributed by atoms with Gasteiger partial charge in [0.15, 0.2) is 0 Å². The third-order valence-corrected chi connectivity index (χ3v) is 10.9. The number of halogens is 1. The maximum Gasteiger partial charge on any atom is 0.0718 e. The van der Waals surface area contributed by atoms with Crippen molar-refractivity contribution in [2.24, 2.45) is 0 Å². The lowest BCUT2D eigenvalue weighted by Gasteiger charge is -2.32. The molecule has 48 heavy (non-hydrogen) atoms. The number of para-hydroxylation sites is 2. The number of hydrogen-bond donors (Lipinski definition) is 0. The summed E-state index contributed by atoms with van der Waals surface area (Å²) in [5.41, 5.74) is 6.58. The van der Waals surface area contributed by atoms with Crippen molar-refractivity contribution in [3.8, 4) is 0 Å². The van der Waals surface area contributed by atoms with E-state index in [0.717, 1.165) is 38.6 Å². The second kappa shape index (κ2) is 12.0. The molecule has 0 aliphatic carbocycles.